The van der Waals surface area contributed by atoms with E-state index in [0.717, 1.165) is 12.8 Å². The Bertz CT molecular complexity index is 326. The molecule has 0 aliphatic rings. The zero-order chi connectivity index (χ0) is 18.0. The minimum atomic E-state index is -0.712. The van der Waals surface area contributed by atoms with E-state index in [-0.39, 0.29) is 12.5 Å². The number of hydrogen-bond acceptors (Lipinski definition) is 4. The molecule has 0 aromatic rings. The number of rotatable bonds is 15. The quantitative estimate of drug-likeness (QED) is 0.258. The minimum Gasteiger partial charge on any atom is -0.464 e. The van der Waals surface area contributed by atoms with Gasteiger partial charge in [0.05, 0.1) is 12.5 Å². The Hall–Kier alpha value is -0.970. The third-order valence-corrected chi connectivity index (χ3v) is 3.89. The van der Waals surface area contributed by atoms with Gasteiger partial charge in [-0.1, -0.05) is 64.7 Å². The molecule has 0 saturated carbocycles. The maximum Gasteiger partial charge on any atom is 0.407 e. The molecule has 0 aromatic heterocycles. The third-order valence-electron chi connectivity index (χ3n) is 3.74. The molecule has 24 heavy (non-hydrogen) atoms. The van der Waals surface area contributed by atoms with Crippen LogP contribution in [0.5, 0.6) is 0 Å². The molecule has 1 unspecified atom stereocenters. The van der Waals surface area contributed by atoms with E-state index in [4.69, 9.17) is 21.1 Å². The van der Waals surface area contributed by atoms with E-state index in [1.54, 1.807) is 6.92 Å². The number of esters is 1. The van der Waals surface area contributed by atoms with Crippen molar-refractivity contribution >= 4 is 23.7 Å². The van der Waals surface area contributed by atoms with Gasteiger partial charge in [-0.2, -0.15) is 0 Å². The Balaban J connectivity index is 3.43. The van der Waals surface area contributed by atoms with Crippen molar-refractivity contribution in [3.63, 3.8) is 0 Å². The number of nitrogens with one attached hydrogen (secondary N) is 1. The largest absolute Gasteiger partial charge is 0.464 e. The summed E-state index contributed by atoms with van der Waals surface area (Å²) in [6.45, 7) is 4.32. The van der Waals surface area contributed by atoms with Crippen LogP contribution in [0.15, 0.2) is 0 Å². The summed E-state index contributed by atoms with van der Waals surface area (Å²) < 4.78 is 9.88. The molecule has 0 aliphatic heterocycles. The van der Waals surface area contributed by atoms with Gasteiger partial charge >= 0.3 is 12.1 Å². The number of hydrogen-bond donors (Lipinski definition) is 1. The minimum absolute atomic E-state index is 0.119. The molecule has 1 amide bonds. The summed E-state index contributed by atoms with van der Waals surface area (Å²) in [6.07, 6.45) is 11.7. The summed E-state index contributed by atoms with van der Waals surface area (Å²) in [6, 6.07) is -0.712. The molecule has 5 nitrogen and oxygen atoms in total. The fraction of sp³-hybridized carbons (Fsp3) is 0.889. The highest BCUT2D eigenvalue weighted by Crippen LogP contribution is 2.10. The van der Waals surface area contributed by atoms with Crippen molar-refractivity contribution in [1.82, 2.24) is 5.32 Å². The smallest absolute Gasteiger partial charge is 0.407 e. The highest BCUT2D eigenvalue weighted by Gasteiger charge is 2.17. The zero-order valence-electron chi connectivity index (χ0n) is 15.3. The highest BCUT2D eigenvalue weighted by molar-refractivity contribution is 6.18. The monoisotopic (exact) mass is 363 g/mol. The van der Waals surface area contributed by atoms with Gasteiger partial charge in [-0.15, -0.1) is 11.6 Å². The Morgan fingerprint density at radius 2 is 1.42 bits per heavy atom. The molecular weight excluding hydrogens is 330 g/mol. The molecule has 0 saturated heterocycles. The number of halogens is 1. The number of amides is 1. The van der Waals surface area contributed by atoms with Crippen LogP contribution in [0.25, 0.3) is 0 Å². The van der Waals surface area contributed by atoms with Crippen LogP contribution in [0.2, 0.25) is 0 Å². The Morgan fingerprint density at radius 1 is 0.875 bits per heavy atom. The average Bonchev–Trinajstić information content (AvgIpc) is 2.57. The van der Waals surface area contributed by atoms with Crippen molar-refractivity contribution in [3.05, 3.63) is 0 Å². The predicted octanol–water partition coefficient (Wildman–Crippen LogP) is 4.80. The van der Waals surface area contributed by atoms with Crippen LogP contribution in [-0.4, -0.2) is 37.2 Å². The Labute approximate surface area is 151 Å². The zero-order valence-corrected chi connectivity index (χ0v) is 16.0. The van der Waals surface area contributed by atoms with Gasteiger partial charge in [-0.05, 0) is 13.3 Å². The topological polar surface area (TPSA) is 64.6 Å². The first-order valence-electron chi connectivity index (χ1n) is 9.27. The Morgan fingerprint density at radius 3 is 1.96 bits per heavy atom. The number of unbranched alkanes of at least 4 members (excludes halogenated alkanes) is 9. The van der Waals surface area contributed by atoms with Crippen LogP contribution in [0, 0.1) is 0 Å². The van der Waals surface area contributed by atoms with Gasteiger partial charge in [0.1, 0.15) is 12.6 Å². The molecule has 0 heterocycles. The van der Waals surface area contributed by atoms with E-state index in [1.807, 2.05) is 0 Å². The second kappa shape index (κ2) is 16.9. The normalized spacial score (nSPS) is 11.8. The molecule has 0 radical (unpaired) electrons. The Kier molecular flexibility index (Phi) is 16.2. The average molecular weight is 364 g/mol. The second-order valence-electron chi connectivity index (χ2n) is 6.04. The van der Waals surface area contributed by atoms with Gasteiger partial charge in [0.15, 0.2) is 0 Å². The number of carbonyl (C=O) groups is 2. The number of carbonyl (C=O) groups excluding carboxylic acids is 2. The van der Waals surface area contributed by atoms with Gasteiger partial charge in [-0.25, -0.2) is 9.59 Å². The molecule has 0 aromatic carbocycles. The number of ether oxygens (including phenoxy) is 2. The number of alkyl halides is 1. The van der Waals surface area contributed by atoms with Crippen LogP contribution >= 0.6 is 11.6 Å². The molecule has 0 spiro atoms. The van der Waals surface area contributed by atoms with E-state index in [9.17, 15) is 9.59 Å². The first-order chi connectivity index (χ1) is 11.6. The first-order valence-corrected chi connectivity index (χ1v) is 9.81. The fourth-order valence-corrected chi connectivity index (χ4v) is 2.37. The first kappa shape index (κ1) is 23.0. The summed E-state index contributed by atoms with van der Waals surface area (Å²) in [5, 5.41) is 2.41. The van der Waals surface area contributed by atoms with E-state index >= 15 is 0 Å². The van der Waals surface area contributed by atoms with Crippen molar-refractivity contribution in [3.8, 4) is 0 Å². The van der Waals surface area contributed by atoms with Crippen molar-refractivity contribution in [2.45, 2.75) is 84.1 Å². The van der Waals surface area contributed by atoms with Crippen LogP contribution in [0.1, 0.15) is 78.1 Å². The lowest BCUT2D eigenvalue weighted by molar-refractivity contribution is -0.145. The summed E-state index contributed by atoms with van der Waals surface area (Å²) in [5.74, 6) is -0.209. The standard InChI is InChI=1S/C18H34ClNO4/c1-3-4-5-6-7-8-9-10-11-12-14-23-17(21)16(2)20-18(22)24-15-13-19/h16H,3-15H2,1-2H3,(H,20,22). The van der Waals surface area contributed by atoms with Gasteiger partial charge in [-0.3, -0.25) is 0 Å². The predicted molar refractivity (Wildman–Crippen MR) is 97.5 cm³/mol. The molecule has 0 rings (SSSR count). The van der Waals surface area contributed by atoms with Crippen molar-refractivity contribution in [2.24, 2.45) is 0 Å². The lowest BCUT2D eigenvalue weighted by atomic mass is 10.1. The van der Waals surface area contributed by atoms with Crippen molar-refractivity contribution < 1.29 is 19.1 Å². The lowest BCUT2D eigenvalue weighted by Gasteiger charge is -2.13. The van der Waals surface area contributed by atoms with E-state index in [1.165, 1.54) is 51.4 Å². The van der Waals surface area contributed by atoms with Crippen LogP contribution in [0.4, 0.5) is 4.79 Å². The molecule has 1 N–H and O–H groups in total. The van der Waals surface area contributed by atoms with Crippen molar-refractivity contribution in [1.29, 1.82) is 0 Å². The van der Waals surface area contributed by atoms with E-state index in [2.05, 4.69) is 12.2 Å². The van der Waals surface area contributed by atoms with Gasteiger partial charge in [0, 0.05) is 0 Å². The maximum absolute atomic E-state index is 11.7. The molecule has 0 fully saturated rings. The van der Waals surface area contributed by atoms with E-state index < -0.39 is 18.1 Å². The molecule has 6 heteroatoms. The molecule has 0 aliphatic carbocycles. The lowest BCUT2D eigenvalue weighted by Crippen LogP contribution is -2.40. The van der Waals surface area contributed by atoms with Gasteiger partial charge in [0.25, 0.3) is 0 Å². The SMILES string of the molecule is CCCCCCCCCCCCOC(=O)C(C)NC(=O)OCCCl. The summed E-state index contributed by atoms with van der Waals surface area (Å²) in [5.41, 5.74) is 0. The van der Waals surface area contributed by atoms with Gasteiger partial charge < -0.3 is 14.8 Å². The number of alkyl carbamates (subject to hydrolysis) is 1. The molecule has 142 valence electrons. The summed E-state index contributed by atoms with van der Waals surface area (Å²) >= 11 is 5.41. The third kappa shape index (κ3) is 14.6. The maximum atomic E-state index is 11.7. The van der Waals surface area contributed by atoms with Crippen LogP contribution in [0.3, 0.4) is 0 Å². The highest BCUT2D eigenvalue weighted by atomic mass is 35.5. The van der Waals surface area contributed by atoms with Gasteiger partial charge in [0.2, 0.25) is 0 Å². The molecule has 0 bridgehead atoms. The summed E-state index contributed by atoms with van der Waals surface area (Å²) in [4.78, 5) is 23.0. The second-order valence-corrected chi connectivity index (χ2v) is 6.42. The molecular formula is C18H34ClNO4. The van der Waals surface area contributed by atoms with Crippen LogP contribution < -0.4 is 5.32 Å². The molecule has 1 atom stereocenters. The van der Waals surface area contributed by atoms with E-state index in [0.29, 0.717) is 6.61 Å². The van der Waals surface area contributed by atoms with Crippen molar-refractivity contribution in [2.75, 3.05) is 19.1 Å². The fourth-order valence-electron chi connectivity index (χ4n) is 2.30. The van der Waals surface area contributed by atoms with Crippen LogP contribution in [-0.2, 0) is 14.3 Å². The summed E-state index contributed by atoms with van der Waals surface area (Å²) in [7, 11) is 0.